The first-order valence-corrected chi connectivity index (χ1v) is 8.58. The van der Waals surface area contributed by atoms with E-state index in [4.69, 9.17) is 5.73 Å². The van der Waals surface area contributed by atoms with Crippen LogP contribution in [0.5, 0.6) is 5.75 Å². The van der Waals surface area contributed by atoms with E-state index in [1.54, 1.807) is 0 Å². The van der Waals surface area contributed by atoms with Crippen molar-refractivity contribution in [3.05, 3.63) is 36.2 Å². The number of amides is 1. The minimum Gasteiger partial charge on any atom is -0.406 e. The molecular weight excluding hydrogens is 379 g/mol. The first kappa shape index (κ1) is 18.1. The van der Waals surface area contributed by atoms with Crippen molar-refractivity contribution in [3.8, 4) is 5.75 Å². The molecule has 1 fully saturated rings. The van der Waals surface area contributed by atoms with Gasteiger partial charge in [0.05, 0.1) is 17.1 Å². The van der Waals surface area contributed by atoms with E-state index in [0.717, 1.165) is 28.6 Å². The molecule has 0 saturated carbocycles. The topological polar surface area (TPSA) is 120 Å². The zero-order chi connectivity index (χ0) is 19.1. The van der Waals surface area contributed by atoms with Crippen molar-refractivity contribution in [2.24, 2.45) is 5.73 Å². The lowest BCUT2D eigenvalue weighted by Crippen LogP contribution is -2.50. The molecule has 1 amide bonds. The van der Waals surface area contributed by atoms with Gasteiger partial charge in [-0.3, -0.25) is 4.79 Å². The summed E-state index contributed by atoms with van der Waals surface area (Å²) in [5.74, 6) is -1.26. The van der Waals surface area contributed by atoms with Gasteiger partial charge in [-0.15, -0.1) is 18.3 Å². The molecule has 0 unspecified atom stereocenters. The molecule has 2 N–H and O–H groups in total. The molecule has 0 bridgehead atoms. The Kier molecular flexibility index (Phi) is 4.36. The molecule has 140 valence electrons. The molecule has 1 aromatic heterocycles. The van der Waals surface area contributed by atoms with Crippen molar-refractivity contribution in [2.75, 3.05) is 13.1 Å². The highest BCUT2D eigenvalue weighted by molar-refractivity contribution is 7.89. The predicted octanol–water partition coefficient (Wildman–Crippen LogP) is 0.521. The van der Waals surface area contributed by atoms with Gasteiger partial charge in [0, 0.05) is 13.1 Å². The molecular formula is C13H12F3N5O4S. The maximum atomic E-state index is 12.4. The lowest BCUT2D eigenvalue weighted by molar-refractivity contribution is -0.274. The standard InChI is InChI=1S/C13H12F3N5O4S/c14-13(15,16)25-9-1-3-10(4-2-9)26(23,24)20-5-8(6-20)21-7-11(12(17)22)18-19-21/h1-4,7-8H,5-6H2,(H2,17,22). The first-order chi connectivity index (χ1) is 12.1. The van der Waals surface area contributed by atoms with E-state index in [2.05, 4.69) is 15.0 Å². The highest BCUT2D eigenvalue weighted by Gasteiger charge is 2.38. The molecule has 1 aliphatic rings. The van der Waals surface area contributed by atoms with E-state index in [-0.39, 0.29) is 29.7 Å². The average molecular weight is 391 g/mol. The number of ether oxygens (including phenoxy) is 1. The van der Waals surface area contributed by atoms with Crippen molar-refractivity contribution < 1.29 is 31.1 Å². The quantitative estimate of drug-likeness (QED) is 0.793. The molecule has 2 aromatic rings. The van der Waals surface area contributed by atoms with E-state index in [0.29, 0.717) is 0 Å². The Balaban J connectivity index is 1.67. The zero-order valence-electron chi connectivity index (χ0n) is 12.9. The number of sulfonamides is 1. The van der Waals surface area contributed by atoms with Gasteiger partial charge < -0.3 is 10.5 Å². The fourth-order valence-electron chi connectivity index (χ4n) is 2.31. The van der Waals surface area contributed by atoms with Gasteiger partial charge in [0.25, 0.3) is 5.91 Å². The van der Waals surface area contributed by atoms with E-state index < -0.39 is 28.0 Å². The monoisotopic (exact) mass is 391 g/mol. The van der Waals surface area contributed by atoms with E-state index in [1.807, 2.05) is 0 Å². The Bertz CT molecular complexity index is 920. The number of nitrogens with two attached hydrogens (primary N) is 1. The summed E-state index contributed by atoms with van der Waals surface area (Å²) in [7, 11) is -3.87. The van der Waals surface area contributed by atoms with Gasteiger partial charge >= 0.3 is 6.36 Å². The molecule has 1 saturated heterocycles. The Hall–Kier alpha value is -2.67. The lowest BCUT2D eigenvalue weighted by atomic mass is 10.2. The molecule has 1 aromatic carbocycles. The molecule has 9 nitrogen and oxygen atoms in total. The highest BCUT2D eigenvalue weighted by atomic mass is 32.2. The molecule has 13 heteroatoms. The summed E-state index contributed by atoms with van der Waals surface area (Å²) < 4.78 is 67.5. The van der Waals surface area contributed by atoms with Crippen LogP contribution in [0.15, 0.2) is 35.4 Å². The maximum Gasteiger partial charge on any atom is 0.573 e. The van der Waals surface area contributed by atoms with Gasteiger partial charge in [-0.25, -0.2) is 13.1 Å². The third-order valence-corrected chi connectivity index (χ3v) is 5.51. The average Bonchev–Trinajstić information content (AvgIpc) is 2.94. The first-order valence-electron chi connectivity index (χ1n) is 7.14. The van der Waals surface area contributed by atoms with Crippen LogP contribution in [0.25, 0.3) is 0 Å². The van der Waals surface area contributed by atoms with Crippen LogP contribution in [0.1, 0.15) is 16.5 Å². The summed E-state index contributed by atoms with van der Waals surface area (Å²) in [5.41, 5.74) is 5.03. The van der Waals surface area contributed by atoms with E-state index >= 15 is 0 Å². The largest absolute Gasteiger partial charge is 0.573 e. The van der Waals surface area contributed by atoms with Crippen LogP contribution in [0.2, 0.25) is 0 Å². The number of primary amides is 1. The second-order valence-electron chi connectivity index (χ2n) is 5.44. The zero-order valence-corrected chi connectivity index (χ0v) is 13.7. The molecule has 0 atom stereocenters. The SMILES string of the molecule is NC(=O)c1cn(C2CN(S(=O)(=O)c3ccc(OC(F)(F)F)cc3)C2)nn1. The molecule has 0 radical (unpaired) electrons. The van der Waals surface area contributed by atoms with Crippen molar-refractivity contribution in [1.29, 1.82) is 0 Å². The smallest absolute Gasteiger partial charge is 0.406 e. The van der Waals surface area contributed by atoms with Gasteiger partial charge in [-0.05, 0) is 24.3 Å². The fraction of sp³-hybridized carbons (Fsp3) is 0.308. The summed E-state index contributed by atoms with van der Waals surface area (Å²) in [6.07, 6.45) is -3.53. The summed E-state index contributed by atoms with van der Waals surface area (Å²) in [6, 6.07) is 3.59. The van der Waals surface area contributed by atoms with Crippen LogP contribution in [0.4, 0.5) is 13.2 Å². The number of aromatic nitrogens is 3. The van der Waals surface area contributed by atoms with Crippen molar-refractivity contribution in [1.82, 2.24) is 19.3 Å². The van der Waals surface area contributed by atoms with Crippen LogP contribution in [0.3, 0.4) is 0 Å². The number of rotatable bonds is 5. The van der Waals surface area contributed by atoms with Crippen LogP contribution >= 0.6 is 0 Å². The van der Waals surface area contributed by atoms with Crippen LogP contribution in [-0.2, 0) is 10.0 Å². The van der Waals surface area contributed by atoms with Crippen LogP contribution in [-0.4, -0.2) is 53.1 Å². The summed E-state index contributed by atoms with van der Waals surface area (Å²) in [6.45, 7) is 0.148. The summed E-state index contributed by atoms with van der Waals surface area (Å²) in [4.78, 5) is 10.8. The Morgan fingerprint density at radius 1 is 1.23 bits per heavy atom. The summed E-state index contributed by atoms with van der Waals surface area (Å²) in [5, 5.41) is 7.28. The Morgan fingerprint density at radius 2 is 1.85 bits per heavy atom. The fourth-order valence-corrected chi connectivity index (χ4v) is 3.83. The van der Waals surface area contributed by atoms with Crippen molar-refractivity contribution in [3.63, 3.8) is 0 Å². The van der Waals surface area contributed by atoms with E-state index in [1.165, 1.54) is 10.9 Å². The number of halogens is 3. The van der Waals surface area contributed by atoms with Gasteiger partial charge in [0.2, 0.25) is 10.0 Å². The molecule has 1 aliphatic heterocycles. The van der Waals surface area contributed by atoms with E-state index in [9.17, 15) is 26.4 Å². The number of carbonyl (C=O) groups excluding carboxylic acids is 1. The Labute approximate surface area is 145 Å². The number of alkyl halides is 3. The third-order valence-electron chi connectivity index (χ3n) is 3.66. The minimum atomic E-state index is -4.85. The highest BCUT2D eigenvalue weighted by Crippen LogP contribution is 2.29. The number of carbonyl (C=O) groups is 1. The van der Waals surface area contributed by atoms with Gasteiger partial charge in [0.15, 0.2) is 5.69 Å². The van der Waals surface area contributed by atoms with Crippen LogP contribution < -0.4 is 10.5 Å². The van der Waals surface area contributed by atoms with Gasteiger partial charge in [-0.1, -0.05) is 5.21 Å². The minimum absolute atomic E-state index is 0.0356. The molecule has 0 aliphatic carbocycles. The number of hydrogen-bond acceptors (Lipinski definition) is 6. The molecule has 3 rings (SSSR count). The number of hydrogen-bond donors (Lipinski definition) is 1. The lowest BCUT2D eigenvalue weighted by Gasteiger charge is -2.37. The van der Waals surface area contributed by atoms with Crippen LogP contribution in [0, 0.1) is 0 Å². The third kappa shape index (κ3) is 3.62. The molecule has 2 heterocycles. The normalized spacial score (nSPS) is 16.3. The Morgan fingerprint density at radius 3 is 2.35 bits per heavy atom. The predicted molar refractivity (Wildman–Crippen MR) is 79.5 cm³/mol. The number of benzene rings is 1. The van der Waals surface area contributed by atoms with Crippen molar-refractivity contribution >= 4 is 15.9 Å². The van der Waals surface area contributed by atoms with Crippen molar-refractivity contribution in [2.45, 2.75) is 17.3 Å². The van der Waals surface area contributed by atoms with Gasteiger partial charge in [0.1, 0.15) is 5.75 Å². The molecule has 0 spiro atoms. The summed E-state index contributed by atoms with van der Waals surface area (Å²) >= 11 is 0. The van der Waals surface area contributed by atoms with Gasteiger partial charge in [-0.2, -0.15) is 4.31 Å². The maximum absolute atomic E-state index is 12.4. The second-order valence-corrected chi connectivity index (χ2v) is 7.38. The second kappa shape index (κ2) is 6.25. The molecule has 26 heavy (non-hydrogen) atoms. The number of nitrogens with zero attached hydrogens (tertiary/aromatic N) is 4.